The number of hydrogen-bond acceptors (Lipinski definition) is 2. The number of hydrogen-bond donors (Lipinski definition) is 0. The largest absolute Gasteiger partial charge is 0.377 e. The first-order valence-corrected chi connectivity index (χ1v) is 8.15. The van der Waals surface area contributed by atoms with Crippen LogP contribution in [0, 0.1) is 0 Å². The first-order valence-electron chi connectivity index (χ1n) is 7.77. The van der Waals surface area contributed by atoms with Crippen LogP contribution in [0.25, 0.3) is 11.6 Å². The van der Waals surface area contributed by atoms with Gasteiger partial charge in [0, 0.05) is 30.2 Å². The van der Waals surface area contributed by atoms with Gasteiger partial charge in [-0.2, -0.15) is 0 Å². The predicted octanol–water partition coefficient (Wildman–Crippen LogP) is 4.57. The highest BCUT2D eigenvalue weighted by Gasteiger charge is 2.13. The molecule has 2 aromatic heterocycles. The van der Waals surface area contributed by atoms with E-state index in [2.05, 4.69) is 40.4 Å². The Morgan fingerprint density at radius 1 is 1.33 bits per heavy atom. The molecular formula is C17H22ClN3. The Hall–Kier alpha value is -1.48. The van der Waals surface area contributed by atoms with Crippen LogP contribution in [0.3, 0.4) is 0 Å². The topological polar surface area (TPSA) is 20.5 Å². The summed E-state index contributed by atoms with van der Waals surface area (Å²) >= 11 is 6.31. The van der Waals surface area contributed by atoms with Gasteiger partial charge in [0.05, 0.1) is 16.9 Å². The Kier molecular flexibility index (Phi) is 4.20. The van der Waals surface area contributed by atoms with E-state index in [1.807, 2.05) is 18.5 Å². The molecule has 1 atom stereocenters. The Morgan fingerprint density at radius 2 is 2.10 bits per heavy atom. The van der Waals surface area contributed by atoms with Gasteiger partial charge in [-0.3, -0.25) is 4.40 Å². The highest BCUT2D eigenvalue weighted by molar-refractivity contribution is 6.31. The number of imidazole rings is 1. The maximum Gasteiger partial charge on any atom is 0.100 e. The Morgan fingerprint density at radius 3 is 2.81 bits per heavy atom. The van der Waals surface area contributed by atoms with Crippen molar-refractivity contribution in [3.63, 3.8) is 0 Å². The smallest absolute Gasteiger partial charge is 0.100 e. The van der Waals surface area contributed by atoms with E-state index in [-0.39, 0.29) is 0 Å². The van der Waals surface area contributed by atoms with Gasteiger partial charge in [-0.25, -0.2) is 4.98 Å². The van der Waals surface area contributed by atoms with Crippen molar-refractivity contribution in [3.05, 3.63) is 41.1 Å². The quantitative estimate of drug-likeness (QED) is 0.825. The number of nitrogens with zero attached hydrogens (tertiary/aromatic N) is 3. The van der Waals surface area contributed by atoms with Crippen LogP contribution in [-0.2, 0) is 0 Å². The predicted molar refractivity (Wildman–Crippen MR) is 88.7 cm³/mol. The van der Waals surface area contributed by atoms with E-state index >= 15 is 0 Å². The monoisotopic (exact) mass is 303 g/mol. The lowest BCUT2D eigenvalue weighted by molar-refractivity contribution is 0.471. The molecule has 3 nitrogen and oxygen atoms in total. The summed E-state index contributed by atoms with van der Waals surface area (Å²) in [5, 5.41) is 0.772. The molecule has 1 fully saturated rings. The summed E-state index contributed by atoms with van der Waals surface area (Å²) in [5.41, 5.74) is 3.35. The fourth-order valence-electron chi connectivity index (χ4n) is 2.88. The molecule has 2 aromatic rings. The van der Waals surface area contributed by atoms with Crippen molar-refractivity contribution in [2.75, 3.05) is 13.1 Å². The number of rotatable bonds is 4. The van der Waals surface area contributed by atoms with Crippen molar-refractivity contribution < 1.29 is 0 Å². The second kappa shape index (κ2) is 6.10. The summed E-state index contributed by atoms with van der Waals surface area (Å²) in [7, 11) is 0. The van der Waals surface area contributed by atoms with Crippen molar-refractivity contribution in [2.45, 2.75) is 39.0 Å². The van der Waals surface area contributed by atoms with E-state index in [1.54, 1.807) is 0 Å². The summed E-state index contributed by atoms with van der Waals surface area (Å²) in [4.78, 5) is 6.96. The maximum absolute atomic E-state index is 6.31. The fraction of sp³-hybridized carbons (Fsp3) is 0.471. The molecule has 1 saturated heterocycles. The number of fused-ring (bicyclic) bond motifs is 1. The van der Waals surface area contributed by atoms with Gasteiger partial charge in [-0.15, -0.1) is 0 Å². The Labute approximate surface area is 131 Å². The number of aromatic nitrogens is 2. The molecule has 3 heterocycles. The van der Waals surface area contributed by atoms with Crippen LogP contribution in [0.1, 0.15) is 50.4 Å². The summed E-state index contributed by atoms with van der Waals surface area (Å²) in [6.07, 6.45) is 9.90. The van der Waals surface area contributed by atoms with E-state index in [4.69, 9.17) is 11.6 Å². The second-order valence-electron chi connectivity index (χ2n) is 5.85. The lowest BCUT2D eigenvalue weighted by Gasteiger charge is -2.11. The molecule has 0 bridgehead atoms. The van der Waals surface area contributed by atoms with E-state index in [9.17, 15) is 0 Å². The van der Waals surface area contributed by atoms with Gasteiger partial charge in [0.1, 0.15) is 6.33 Å². The van der Waals surface area contributed by atoms with Crippen LogP contribution in [-0.4, -0.2) is 27.4 Å². The molecule has 0 spiro atoms. The number of halogens is 1. The van der Waals surface area contributed by atoms with E-state index in [0.29, 0.717) is 5.92 Å². The van der Waals surface area contributed by atoms with Crippen LogP contribution in [0.15, 0.2) is 24.7 Å². The fourth-order valence-corrected chi connectivity index (χ4v) is 3.09. The molecule has 1 aliphatic heterocycles. The minimum atomic E-state index is 0.448. The third-order valence-corrected chi connectivity index (χ3v) is 4.57. The number of likely N-dealkylation sites (tertiary alicyclic amines) is 1. The molecule has 0 radical (unpaired) electrons. The van der Waals surface area contributed by atoms with Crippen LogP contribution in [0.4, 0.5) is 0 Å². The summed E-state index contributed by atoms with van der Waals surface area (Å²) in [6, 6.07) is 4.02. The van der Waals surface area contributed by atoms with Crippen LogP contribution >= 0.6 is 11.6 Å². The minimum absolute atomic E-state index is 0.448. The van der Waals surface area contributed by atoms with Gasteiger partial charge in [-0.1, -0.05) is 25.4 Å². The highest BCUT2D eigenvalue weighted by atomic mass is 35.5. The molecule has 112 valence electrons. The first-order chi connectivity index (χ1) is 10.2. The van der Waals surface area contributed by atoms with Gasteiger partial charge >= 0.3 is 0 Å². The Balaban J connectivity index is 2.00. The Bertz CT molecular complexity index is 653. The summed E-state index contributed by atoms with van der Waals surface area (Å²) < 4.78 is 2.14. The zero-order chi connectivity index (χ0) is 14.8. The number of pyridine rings is 1. The van der Waals surface area contributed by atoms with Gasteiger partial charge in [-0.05, 0) is 37.5 Å². The standard InChI is InChI=1S/C17H22ClN3/c1-3-13(2)17-16-11-14(18)10-15(21(16)12-19-17)6-9-20-7-4-5-8-20/h6,9-13H,3-5,7-8H2,1-2H3/b9-6+. The average Bonchev–Trinajstić information content (AvgIpc) is 3.13. The van der Waals surface area contributed by atoms with Gasteiger partial charge < -0.3 is 4.90 Å². The van der Waals surface area contributed by atoms with E-state index in [0.717, 1.165) is 41.4 Å². The van der Waals surface area contributed by atoms with E-state index in [1.165, 1.54) is 12.8 Å². The molecule has 0 N–H and O–H groups in total. The normalized spacial score (nSPS) is 17.2. The van der Waals surface area contributed by atoms with Crippen molar-refractivity contribution in [2.24, 2.45) is 0 Å². The first kappa shape index (κ1) is 14.5. The summed E-state index contributed by atoms with van der Waals surface area (Å²) in [6.45, 7) is 6.71. The third kappa shape index (κ3) is 2.93. The average molecular weight is 304 g/mol. The maximum atomic E-state index is 6.31. The minimum Gasteiger partial charge on any atom is -0.377 e. The van der Waals surface area contributed by atoms with Crippen LogP contribution in [0.5, 0.6) is 0 Å². The van der Waals surface area contributed by atoms with Gasteiger partial charge in [0.2, 0.25) is 0 Å². The second-order valence-corrected chi connectivity index (χ2v) is 6.29. The third-order valence-electron chi connectivity index (χ3n) is 4.35. The molecule has 21 heavy (non-hydrogen) atoms. The van der Waals surface area contributed by atoms with Crippen molar-refractivity contribution in [1.29, 1.82) is 0 Å². The molecule has 0 aliphatic carbocycles. The van der Waals surface area contributed by atoms with Gasteiger partial charge in [0.25, 0.3) is 0 Å². The zero-order valence-electron chi connectivity index (χ0n) is 12.7. The van der Waals surface area contributed by atoms with Crippen molar-refractivity contribution in [3.8, 4) is 0 Å². The molecule has 3 rings (SSSR count). The molecule has 4 heteroatoms. The SMILES string of the molecule is CCC(C)c1ncn2c(/C=C/N3CCCC3)cc(Cl)cc12. The highest BCUT2D eigenvalue weighted by Crippen LogP contribution is 2.26. The molecule has 0 aromatic carbocycles. The zero-order valence-corrected chi connectivity index (χ0v) is 13.5. The molecule has 1 aliphatic rings. The molecular weight excluding hydrogens is 282 g/mol. The molecule has 0 saturated carbocycles. The lowest BCUT2D eigenvalue weighted by atomic mass is 10.0. The van der Waals surface area contributed by atoms with Crippen LogP contribution in [0.2, 0.25) is 5.02 Å². The lowest BCUT2D eigenvalue weighted by Crippen LogP contribution is -2.10. The molecule has 0 amide bonds. The van der Waals surface area contributed by atoms with Crippen LogP contribution < -0.4 is 0 Å². The molecule has 1 unspecified atom stereocenters. The van der Waals surface area contributed by atoms with E-state index < -0.39 is 0 Å². The van der Waals surface area contributed by atoms with Crippen molar-refractivity contribution in [1.82, 2.24) is 14.3 Å². The van der Waals surface area contributed by atoms with Gasteiger partial charge in [0.15, 0.2) is 0 Å². The summed E-state index contributed by atoms with van der Waals surface area (Å²) in [5.74, 6) is 0.448. The van der Waals surface area contributed by atoms with Crippen molar-refractivity contribution >= 4 is 23.2 Å².